The van der Waals surface area contributed by atoms with E-state index in [9.17, 15) is 17.2 Å². The van der Waals surface area contributed by atoms with E-state index in [0.29, 0.717) is 5.75 Å². The van der Waals surface area contributed by atoms with Crippen LogP contribution in [0.1, 0.15) is 12.0 Å². The van der Waals surface area contributed by atoms with Gasteiger partial charge in [0.05, 0.1) is 11.4 Å². The Morgan fingerprint density at radius 1 is 1.43 bits per heavy atom. The van der Waals surface area contributed by atoms with Crippen LogP contribution >= 0.6 is 11.8 Å². The first kappa shape index (κ1) is 16.7. The van der Waals surface area contributed by atoms with Gasteiger partial charge in [0.2, 0.25) is 10.0 Å². The second-order valence-corrected chi connectivity index (χ2v) is 7.92. The molecule has 1 atom stereocenters. The molecule has 1 heterocycles. The molecule has 1 N–H and O–H groups in total. The number of hydrogen-bond acceptors (Lipinski definition) is 4. The van der Waals surface area contributed by atoms with Crippen molar-refractivity contribution in [1.29, 1.82) is 0 Å². The van der Waals surface area contributed by atoms with Crippen LogP contribution in [0, 0.1) is 11.6 Å². The molecule has 0 saturated carbocycles. The van der Waals surface area contributed by atoms with E-state index in [2.05, 4.69) is 4.72 Å². The first-order chi connectivity index (χ1) is 9.86. The molecule has 2 rings (SSSR count). The van der Waals surface area contributed by atoms with Crippen LogP contribution in [0.25, 0.3) is 0 Å². The third kappa shape index (κ3) is 4.38. The fourth-order valence-corrected chi connectivity index (χ4v) is 4.72. The van der Waals surface area contributed by atoms with Gasteiger partial charge in [0, 0.05) is 25.0 Å². The van der Waals surface area contributed by atoms with Crippen molar-refractivity contribution in [3.8, 4) is 0 Å². The van der Waals surface area contributed by atoms with E-state index in [0.717, 1.165) is 30.4 Å². The minimum atomic E-state index is -3.76. The average molecular weight is 337 g/mol. The van der Waals surface area contributed by atoms with E-state index in [1.54, 1.807) is 18.9 Å². The van der Waals surface area contributed by atoms with Crippen molar-refractivity contribution < 1.29 is 21.9 Å². The van der Waals surface area contributed by atoms with E-state index in [1.807, 2.05) is 0 Å². The van der Waals surface area contributed by atoms with Gasteiger partial charge in [-0.1, -0.05) is 0 Å². The summed E-state index contributed by atoms with van der Waals surface area (Å²) in [6, 6.07) is 2.77. The minimum absolute atomic E-state index is 0.135. The summed E-state index contributed by atoms with van der Waals surface area (Å²) in [5, 5.41) is 0. The summed E-state index contributed by atoms with van der Waals surface area (Å²) in [4.78, 5) is 0. The monoisotopic (exact) mass is 337 g/mol. The van der Waals surface area contributed by atoms with Crippen LogP contribution in [0.2, 0.25) is 0 Å². The Labute approximate surface area is 127 Å². The number of halogens is 2. The Balaban J connectivity index is 2.03. The molecule has 118 valence electrons. The Kier molecular flexibility index (Phi) is 5.24. The zero-order chi connectivity index (χ0) is 15.5. The molecule has 1 fully saturated rings. The summed E-state index contributed by atoms with van der Waals surface area (Å²) in [7, 11) is -2.21. The van der Waals surface area contributed by atoms with Gasteiger partial charge >= 0.3 is 0 Å². The van der Waals surface area contributed by atoms with Crippen LogP contribution < -0.4 is 4.72 Å². The molecule has 21 heavy (non-hydrogen) atoms. The first-order valence-corrected chi connectivity index (χ1v) is 9.21. The lowest BCUT2D eigenvalue weighted by Crippen LogP contribution is -2.44. The third-order valence-electron chi connectivity index (χ3n) is 3.47. The molecular formula is C13H17F2NO3S2. The van der Waals surface area contributed by atoms with Crippen molar-refractivity contribution in [2.24, 2.45) is 0 Å². The normalized spacial score (nSPS) is 22.6. The summed E-state index contributed by atoms with van der Waals surface area (Å²) in [6.07, 6.45) is 0.755. The number of hydrogen-bond donors (Lipinski definition) is 1. The molecule has 8 heteroatoms. The van der Waals surface area contributed by atoms with Crippen LogP contribution in [0.4, 0.5) is 8.78 Å². The Morgan fingerprint density at radius 3 is 2.81 bits per heavy atom. The zero-order valence-corrected chi connectivity index (χ0v) is 13.2. The second kappa shape index (κ2) is 6.60. The summed E-state index contributed by atoms with van der Waals surface area (Å²) in [6.45, 7) is 0.135. The Bertz CT molecular complexity index is 601. The zero-order valence-electron chi connectivity index (χ0n) is 11.6. The molecule has 0 radical (unpaired) electrons. The standard InChI is InChI=1S/C13H17F2NO3S2/c1-19-13(4-5-20-9-13)8-16-21(17,18)7-10-6-11(14)2-3-12(10)15/h2-3,6,16H,4-5,7-9H2,1H3. The molecule has 0 spiro atoms. The molecule has 1 unspecified atom stereocenters. The molecule has 0 bridgehead atoms. The Hall–Kier alpha value is -0.700. The smallest absolute Gasteiger partial charge is 0.215 e. The third-order valence-corrected chi connectivity index (χ3v) is 5.97. The number of rotatable bonds is 6. The topological polar surface area (TPSA) is 55.4 Å². The van der Waals surface area contributed by atoms with Crippen molar-refractivity contribution in [3.05, 3.63) is 35.4 Å². The maximum Gasteiger partial charge on any atom is 0.215 e. The SMILES string of the molecule is COC1(CNS(=O)(=O)Cc2cc(F)ccc2F)CCSC1. The molecule has 0 aromatic heterocycles. The summed E-state index contributed by atoms with van der Waals surface area (Å²) >= 11 is 1.70. The Morgan fingerprint density at radius 2 is 2.19 bits per heavy atom. The average Bonchev–Trinajstić information content (AvgIpc) is 2.90. The lowest BCUT2D eigenvalue weighted by atomic mass is 10.0. The highest BCUT2D eigenvalue weighted by Crippen LogP contribution is 2.30. The lowest BCUT2D eigenvalue weighted by Gasteiger charge is -2.26. The van der Waals surface area contributed by atoms with E-state index in [4.69, 9.17) is 4.74 Å². The highest BCUT2D eigenvalue weighted by Gasteiger charge is 2.35. The first-order valence-electron chi connectivity index (χ1n) is 6.40. The van der Waals surface area contributed by atoms with Crippen LogP contribution in [-0.2, 0) is 20.5 Å². The fraction of sp³-hybridized carbons (Fsp3) is 0.538. The predicted molar refractivity (Wildman–Crippen MR) is 78.7 cm³/mol. The van der Waals surface area contributed by atoms with Gasteiger partial charge in [0.1, 0.15) is 11.6 Å². The van der Waals surface area contributed by atoms with Crippen LogP contribution in [0.3, 0.4) is 0 Å². The van der Waals surface area contributed by atoms with Crippen LogP contribution in [0.5, 0.6) is 0 Å². The van der Waals surface area contributed by atoms with E-state index >= 15 is 0 Å². The van der Waals surface area contributed by atoms with Crippen LogP contribution in [0.15, 0.2) is 18.2 Å². The van der Waals surface area contributed by atoms with Crippen molar-refractivity contribution in [3.63, 3.8) is 0 Å². The van der Waals surface area contributed by atoms with E-state index < -0.39 is 33.0 Å². The maximum atomic E-state index is 13.5. The largest absolute Gasteiger partial charge is 0.376 e. The lowest BCUT2D eigenvalue weighted by molar-refractivity contribution is 0.0179. The maximum absolute atomic E-state index is 13.5. The molecule has 0 aliphatic carbocycles. The summed E-state index contributed by atoms with van der Waals surface area (Å²) in [5.74, 6) is -0.375. The summed E-state index contributed by atoms with van der Waals surface area (Å²) < 4.78 is 58.4. The molecule has 1 aliphatic heterocycles. The van der Waals surface area contributed by atoms with Gasteiger partial charge in [0.15, 0.2) is 0 Å². The number of thioether (sulfide) groups is 1. The number of ether oxygens (including phenoxy) is 1. The second-order valence-electron chi connectivity index (χ2n) is 5.01. The fourth-order valence-electron chi connectivity index (χ4n) is 2.11. The van der Waals surface area contributed by atoms with Gasteiger partial charge in [-0.3, -0.25) is 0 Å². The molecule has 0 amide bonds. The van der Waals surface area contributed by atoms with E-state index in [-0.39, 0.29) is 12.1 Å². The number of sulfonamides is 1. The quantitative estimate of drug-likeness (QED) is 0.861. The number of methoxy groups -OCH3 is 1. The van der Waals surface area contributed by atoms with Gasteiger partial charge in [-0.15, -0.1) is 0 Å². The summed E-state index contributed by atoms with van der Waals surface area (Å²) in [5.41, 5.74) is -0.701. The number of benzene rings is 1. The number of nitrogens with one attached hydrogen (secondary N) is 1. The van der Waals surface area contributed by atoms with Gasteiger partial charge in [-0.25, -0.2) is 21.9 Å². The molecule has 1 saturated heterocycles. The van der Waals surface area contributed by atoms with Gasteiger partial charge < -0.3 is 4.74 Å². The minimum Gasteiger partial charge on any atom is -0.376 e. The van der Waals surface area contributed by atoms with Gasteiger partial charge in [-0.2, -0.15) is 11.8 Å². The van der Waals surface area contributed by atoms with Crippen LogP contribution in [-0.4, -0.2) is 39.2 Å². The predicted octanol–water partition coefficient (Wildman–Crippen LogP) is 1.91. The van der Waals surface area contributed by atoms with Crippen molar-refractivity contribution in [2.45, 2.75) is 17.8 Å². The molecule has 4 nitrogen and oxygen atoms in total. The molecular weight excluding hydrogens is 320 g/mol. The van der Waals surface area contributed by atoms with E-state index in [1.165, 1.54) is 0 Å². The molecule has 1 aliphatic rings. The van der Waals surface area contributed by atoms with Crippen molar-refractivity contribution >= 4 is 21.8 Å². The highest BCUT2D eigenvalue weighted by atomic mass is 32.2. The molecule has 1 aromatic carbocycles. The highest BCUT2D eigenvalue weighted by molar-refractivity contribution is 7.99. The van der Waals surface area contributed by atoms with Crippen molar-refractivity contribution in [2.75, 3.05) is 25.2 Å². The van der Waals surface area contributed by atoms with Gasteiger partial charge in [0.25, 0.3) is 0 Å². The van der Waals surface area contributed by atoms with Gasteiger partial charge in [-0.05, 0) is 30.4 Å². The molecule has 1 aromatic rings. The van der Waals surface area contributed by atoms with Crippen molar-refractivity contribution in [1.82, 2.24) is 4.72 Å².